The molecule has 5 saturated carbocycles. The molecule has 0 heterocycles. The van der Waals surface area contributed by atoms with E-state index in [1.165, 1.54) is 31.3 Å². The Morgan fingerprint density at radius 3 is 2.22 bits per heavy atom. The maximum Gasteiger partial charge on any atom is 0.322 e. The number of carboxylic acid groups (broad SMARTS) is 1. The Morgan fingerprint density at radius 2 is 1.53 bits per heavy atom. The molecule has 5 fully saturated rings. The number of allylic oxidation sites excluding steroid dienone is 1. The zero-order valence-corrected chi connectivity index (χ0v) is 29.1. The number of amides is 2. The maximum atomic E-state index is 14.3. The molecular formula is C38H62N2O5. The van der Waals surface area contributed by atoms with E-state index in [0.29, 0.717) is 49.0 Å². The molecule has 0 aromatic rings. The normalized spacial score (nSPS) is 43.2. The Bertz CT molecular complexity index is 1180. The van der Waals surface area contributed by atoms with Gasteiger partial charge in [-0.05, 0) is 135 Å². The standard InChI is InChI=1S/C38H62N2O5/c1-24(2)25-14-19-38(33(45)39-22-10-8-9-11-30(42)40-23-31(43)44)21-20-36(6)26(32(25)38)12-13-28-35(5)17-16-29(41)34(3,4)27(35)15-18-37(28,36)7/h25-29,32,41H,1,8-23H2,2-7H3,(H,39,45)(H,40,42)(H,43,44)/t25-,26?,27-,28+,29-,32?,35-,36+,37+,38-/m0/s1. The van der Waals surface area contributed by atoms with E-state index in [-0.39, 0.29) is 51.5 Å². The molecule has 10 atom stereocenters. The maximum absolute atomic E-state index is 14.3. The van der Waals surface area contributed by atoms with E-state index < -0.39 is 5.97 Å². The lowest BCUT2D eigenvalue weighted by molar-refractivity contribution is -0.246. The number of fused-ring (bicyclic) bond motifs is 7. The second kappa shape index (κ2) is 12.3. The zero-order valence-electron chi connectivity index (χ0n) is 29.1. The lowest BCUT2D eigenvalue weighted by Crippen LogP contribution is -2.67. The van der Waals surface area contributed by atoms with Gasteiger partial charge >= 0.3 is 5.97 Å². The van der Waals surface area contributed by atoms with Crippen molar-refractivity contribution in [3.05, 3.63) is 12.2 Å². The molecule has 0 aromatic heterocycles. The van der Waals surface area contributed by atoms with Crippen LogP contribution in [0.2, 0.25) is 0 Å². The molecule has 0 spiro atoms. The molecule has 5 rings (SSSR count). The highest BCUT2D eigenvalue weighted by Gasteiger charge is 2.71. The first-order chi connectivity index (χ1) is 21.0. The van der Waals surface area contributed by atoms with Gasteiger partial charge in [0.1, 0.15) is 6.54 Å². The summed E-state index contributed by atoms with van der Waals surface area (Å²) in [5.41, 5.74) is 1.52. The van der Waals surface area contributed by atoms with Crippen molar-refractivity contribution < 1.29 is 24.6 Å². The monoisotopic (exact) mass is 626 g/mol. The van der Waals surface area contributed by atoms with Crippen LogP contribution in [-0.2, 0) is 14.4 Å². The number of carboxylic acids is 1. The molecule has 254 valence electrons. The highest BCUT2D eigenvalue weighted by atomic mass is 16.4. The lowest BCUT2D eigenvalue weighted by Gasteiger charge is -2.72. The third-order valence-corrected chi connectivity index (χ3v) is 15.3. The van der Waals surface area contributed by atoms with Crippen LogP contribution in [0.1, 0.15) is 131 Å². The van der Waals surface area contributed by atoms with E-state index in [1.54, 1.807) is 0 Å². The minimum atomic E-state index is -1.04. The summed E-state index contributed by atoms with van der Waals surface area (Å²) in [6.45, 7) is 19.4. The largest absolute Gasteiger partial charge is 0.480 e. The quantitative estimate of drug-likeness (QED) is 0.156. The second-order valence-corrected chi connectivity index (χ2v) is 17.5. The van der Waals surface area contributed by atoms with E-state index in [1.807, 2.05) is 0 Å². The fourth-order valence-electron chi connectivity index (χ4n) is 12.8. The first-order valence-corrected chi connectivity index (χ1v) is 18.1. The van der Waals surface area contributed by atoms with E-state index in [0.717, 1.165) is 51.4 Å². The van der Waals surface area contributed by atoms with Gasteiger partial charge in [-0.2, -0.15) is 0 Å². The Morgan fingerprint density at radius 1 is 0.800 bits per heavy atom. The van der Waals surface area contributed by atoms with Crippen molar-refractivity contribution in [1.29, 1.82) is 0 Å². The average Bonchev–Trinajstić information content (AvgIpc) is 3.37. The molecule has 0 radical (unpaired) electrons. The molecule has 0 bridgehead atoms. The summed E-state index contributed by atoms with van der Waals surface area (Å²) in [5, 5.41) is 25.5. The molecule has 0 aliphatic heterocycles. The van der Waals surface area contributed by atoms with E-state index in [4.69, 9.17) is 5.11 Å². The molecule has 2 unspecified atom stereocenters. The minimum Gasteiger partial charge on any atom is -0.480 e. The predicted octanol–water partition coefficient (Wildman–Crippen LogP) is 6.88. The number of unbranched alkanes of at least 4 members (excludes halogenated alkanes) is 2. The number of aliphatic hydroxyl groups excluding tert-OH is 1. The highest BCUT2D eigenvalue weighted by Crippen LogP contribution is 2.77. The van der Waals surface area contributed by atoms with Crippen LogP contribution >= 0.6 is 0 Å². The number of carbonyl (C=O) groups excluding carboxylic acids is 2. The van der Waals surface area contributed by atoms with Crippen LogP contribution in [0.25, 0.3) is 0 Å². The molecular weight excluding hydrogens is 564 g/mol. The summed E-state index contributed by atoms with van der Waals surface area (Å²) in [5.74, 6) is 1.40. The summed E-state index contributed by atoms with van der Waals surface area (Å²) in [7, 11) is 0. The van der Waals surface area contributed by atoms with Crippen molar-refractivity contribution in [3.63, 3.8) is 0 Å². The van der Waals surface area contributed by atoms with Gasteiger partial charge in [-0.3, -0.25) is 14.4 Å². The van der Waals surface area contributed by atoms with Crippen molar-refractivity contribution in [2.45, 2.75) is 138 Å². The fourth-order valence-corrected chi connectivity index (χ4v) is 12.8. The smallest absolute Gasteiger partial charge is 0.322 e. The summed E-state index contributed by atoms with van der Waals surface area (Å²) in [6.07, 6.45) is 13.3. The van der Waals surface area contributed by atoms with Crippen LogP contribution in [0.4, 0.5) is 0 Å². The van der Waals surface area contributed by atoms with Crippen LogP contribution in [0, 0.1) is 56.7 Å². The van der Waals surface area contributed by atoms with Crippen molar-refractivity contribution in [2.24, 2.45) is 56.7 Å². The van der Waals surface area contributed by atoms with Crippen LogP contribution in [-0.4, -0.2) is 47.2 Å². The highest BCUT2D eigenvalue weighted by molar-refractivity contribution is 5.84. The van der Waals surface area contributed by atoms with Gasteiger partial charge < -0.3 is 20.8 Å². The van der Waals surface area contributed by atoms with Gasteiger partial charge in [0, 0.05) is 13.0 Å². The number of aliphatic carboxylic acids is 1. The summed E-state index contributed by atoms with van der Waals surface area (Å²) in [6, 6.07) is 0. The van der Waals surface area contributed by atoms with Gasteiger partial charge in [0.05, 0.1) is 11.5 Å². The number of nitrogens with one attached hydrogen (secondary N) is 2. The molecule has 45 heavy (non-hydrogen) atoms. The third-order valence-electron chi connectivity index (χ3n) is 15.3. The minimum absolute atomic E-state index is 0.0465. The summed E-state index contributed by atoms with van der Waals surface area (Å²) in [4.78, 5) is 36.7. The first-order valence-electron chi connectivity index (χ1n) is 18.1. The number of rotatable bonds is 10. The SMILES string of the molecule is C=C(C)[C@@H]1CC[C@]2(C(=O)NCCCCCC(=O)NCC(=O)O)CC[C@]3(C)C(CC[C@@H]4[C@@]5(C)CC[C@H](O)C(C)(C)[C@@H]5CC[C@]43C)C12. The summed E-state index contributed by atoms with van der Waals surface area (Å²) < 4.78 is 0. The van der Waals surface area contributed by atoms with E-state index in [2.05, 4.69) is 58.8 Å². The number of carbonyl (C=O) groups is 3. The third kappa shape index (κ3) is 5.49. The Balaban J connectivity index is 1.30. The molecule has 5 aliphatic carbocycles. The predicted molar refractivity (Wildman–Crippen MR) is 177 cm³/mol. The Kier molecular flexibility index (Phi) is 9.40. The molecule has 7 heteroatoms. The van der Waals surface area contributed by atoms with Crippen LogP contribution < -0.4 is 10.6 Å². The van der Waals surface area contributed by atoms with Gasteiger partial charge in [-0.15, -0.1) is 0 Å². The average molecular weight is 627 g/mol. The van der Waals surface area contributed by atoms with Crippen LogP contribution in [0.3, 0.4) is 0 Å². The molecule has 7 nitrogen and oxygen atoms in total. The Labute approximate surface area is 272 Å². The second-order valence-electron chi connectivity index (χ2n) is 17.5. The molecule has 0 aromatic carbocycles. The fraction of sp³-hybridized carbons (Fsp3) is 0.868. The molecule has 2 amide bonds. The Hall–Kier alpha value is -1.89. The topological polar surface area (TPSA) is 116 Å². The van der Waals surface area contributed by atoms with Crippen molar-refractivity contribution in [3.8, 4) is 0 Å². The van der Waals surface area contributed by atoms with Gasteiger partial charge in [0.15, 0.2) is 0 Å². The van der Waals surface area contributed by atoms with Crippen molar-refractivity contribution >= 4 is 17.8 Å². The first kappa shape index (κ1) is 34.4. The number of hydrogen-bond donors (Lipinski definition) is 4. The zero-order chi connectivity index (χ0) is 33.0. The number of aliphatic hydroxyl groups is 1. The van der Waals surface area contributed by atoms with Gasteiger partial charge in [-0.25, -0.2) is 0 Å². The van der Waals surface area contributed by atoms with E-state index in [9.17, 15) is 19.5 Å². The van der Waals surface area contributed by atoms with Gasteiger partial charge in [0.2, 0.25) is 11.8 Å². The summed E-state index contributed by atoms with van der Waals surface area (Å²) >= 11 is 0. The van der Waals surface area contributed by atoms with E-state index >= 15 is 0 Å². The van der Waals surface area contributed by atoms with Gasteiger partial charge in [-0.1, -0.05) is 53.2 Å². The molecule has 0 saturated heterocycles. The van der Waals surface area contributed by atoms with Crippen molar-refractivity contribution in [2.75, 3.05) is 13.1 Å². The molecule has 4 N–H and O–H groups in total. The van der Waals surface area contributed by atoms with Gasteiger partial charge in [0.25, 0.3) is 0 Å². The van der Waals surface area contributed by atoms with Crippen LogP contribution in [0.5, 0.6) is 0 Å². The molecule has 5 aliphatic rings. The number of hydrogen-bond acceptors (Lipinski definition) is 4. The van der Waals surface area contributed by atoms with Crippen molar-refractivity contribution in [1.82, 2.24) is 10.6 Å². The van der Waals surface area contributed by atoms with Crippen LogP contribution in [0.15, 0.2) is 12.2 Å². The lowest BCUT2D eigenvalue weighted by atomic mass is 9.32.